The van der Waals surface area contributed by atoms with Crippen molar-refractivity contribution in [2.24, 2.45) is 5.92 Å². The van der Waals surface area contributed by atoms with E-state index in [1.807, 2.05) is 25.8 Å². The zero-order valence-corrected chi connectivity index (χ0v) is 17.2. The van der Waals surface area contributed by atoms with Gasteiger partial charge in [0.25, 0.3) is 5.91 Å². The lowest BCUT2D eigenvalue weighted by molar-refractivity contribution is -0.135. The van der Waals surface area contributed by atoms with Crippen LogP contribution in [0.15, 0.2) is 24.3 Å². The summed E-state index contributed by atoms with van der Waals surface area (Å²) in [5, 5.41) is 6.79. The molecule has 2 N–H and O–H groups in total. The second-order valence-electron chi connectivity index (χ2n) is 6.73. The summed E-state index contributed by atoms with van der Waals surface area (Å²) < 4.78 is 0. The first-order valence-electron chi connectivity index (χ1n) is 8.98. The number of piperidine rings is 1. The van der Waals surface area contributed by atoms with Gasteiger partial charge in [-0.3, -0.25) is 9.59 Å². The monoisotopic (exact) mass is 401 g/mol. The molecule has 26 heavy (non-hydrogen) atoms. The number of halogens is 2. The zero-order chi connectivity index (χ0) is 18.4. The predicted octanol–water partition coefficient (Wildman–Crippen LogP) is 3.12. The molecule has 2 amide bonds. The number of nitrogens with zero attached hydrogens (tertiary/aromatic N) is 1. The third-order valence-electron chi connectivity index (χ3n) is 5.09. The number of carbonyl (C=O) groups excluding carboxylic acids is 2. The van der Waals surface area contributed by atoms with Crippen molar-refractivity contribution in [1.82, 2.24) is 15.5 Å². The smallest absolute Gasteiger partial charge is 0.251 e. The lowest BCUT2D eigenvalue weighted by atomic mass is 9.95. The standard InChI is InChI=1S/C19H28ClN3O2.ClH/c1-4-13(2)17(19(25)23-11-9-16(21-3)10-12-23)22-18(24)14-5-7-15(20)8-6-14;/h5-8,13,16-17,21H,4,9-12H2,1-3H3,(H,22,24);1H. The maximum atomic E-state index is 13.0. The van der Waals surface area contributed by atoms with Crippen molar-refractivity contribution in [3.8, 4) is 0 Å². The van der Waals surface area contributed by atoms with Crippen LogP contribution >= 0.6 is 24.0 Å². The molecule has 0 radical (unpaired) electrons. The minimum absolute atomic E-state index is 0. The van der Waals surface area contributed by atoms with Crippen LogP contribution in [-0.4, -0.2) is 48.9 Å². The lowest BCUT2D eigenvalue weighted by Crippen LogP contribution is -2.54. The van der Waals surface area contributed by atoms with Gasteiger partial charge in [0, 0.05) is 29.7 Å². The molecule has 2 atom stereocenters. The summed E-state index contributed by atoms with van der Waals surface area (Å²) >= 11 is 5.87. The Morgan fingerprint density at radius 2 is 1.81 bits per heavy atom. The lowest BCUT2D eigenvalue weighted by Gasteiger charge is -2.35. The van der Waals surface area contributed by atoms with Gasteiger partial charge in [0.1, 0.15) is 6.04 Å². The number of hydrogen-bond donors (Lipinski definition) is 2. The Bertz CT molecular complexity index is 587. The highest BCUT2D eigenvalue weighted by Crippen LogP contribution is 2.17. The molecule has 1 fully saturated rings. The molecule has 2 unspecified atom stereocenters. The van der Waals surface area contributed by atoms with Gasteiger partial charge in [-0.1, -0.05) is 31.9 Å². The first-order valence-corrected chi connectivity index (χ1v) is 9.36. The number of rotatable bonds is 6. The summed E-state index contributed by atoms with van der Waals surface area (Å²) in [6, 6.07) is 6.68. The van der Waals surface area contributed by atoms with E-state index < -0.39 is 6.04 Å². The Morgan fingerprint density at radius 3 is 2.31 bits per heavy atom. The van der Waals surface area contributed by atoms with E-state index in [9.17, 15) is 9.59 Å². The topological polar surface area (TPSA) is 61.4 Å². The second-order valence-corrected chi connectivity index (χ2v) is 7.17. The van der Waals surface area contributed by atoms with Crippen LogP contribution in [0, 0.1) is 5.92 Å². The average Bonchev–Trinajstić information content (AvgIpc) is 2.65. The maximum Gasteiger partial charge on any atom is 0.251 e. The Hall–Kier alpha value is -1.30. The van der Waals surface area contributed by atoms with Gasteiger partial charge < -0.3 is 15.5 Å². The van der Waals surface area contributed by atoms with E-state index in [0.717, 1.165) is 32.4 Å². The van der Waals surface area contributed by atoms with E-state index in [4.69, 9.17) is 11.6 Å². The quantitative estimate of drug-likeness (QED) is 0.769. The van der Waals surface area contributed by atoms with Crippen molar-refractivity contribution in [2.75, 3.05) is 20.1 Å². The van der Waals surface area contributed by atoms with Gasteiger partial charge in [-0.2, -0.15) is 0 Å². The molecular weight excluding hydrogens is 373 g/mol. The van der Waals surface area contributed by atoms with Crippen molar-refractivity contribution in [2.45, 2.75) is 45.2 Å². The normalized spacial score (nSPS) is 17.2. The zero-order valence-electron chi connectivity index (χ0n) is 15.6. The number of amides is 2. The van der Waals surface area contributed by atoms with E-state index in [1.54, 1.807) is 24.3 Å². The van der Waals surface area contributed by atoms with Crippen LogP contribution in [0.5, 0.6) is 0 Å². The van der Waals surface area contributed by atoms with E-state index in [0.29, 0.717) is 16.6 Å². The number of carbonyl (C=O) groups is 2. The molecule has 1 saturated heterocycles. The summed E-state index contributed by atoms with van der Waals surface area (Å²) in [4.78, 5) is 27.4. The molecule has 1 aliphatic rings. The van der Waals surface area contributed by atoms with Gasteiger partial charge in [-0.05, 0) is 50.1 Å². The molecule has 0 saturated carbocycles. The highest BCUT2D eigenvalue weighted by molar-refractivity contribution is 6.30. The Morgan fingerprint density at radius 1 is 1.23 bits per heavy atom. The summed E-state index contributed by atoms with van der Waals surface area (Å²) in [5.41, 5.74) is 0.513. The minimum Gasteiger partial charge on any atom is -0.341 e. The molecule has 0 aromatic heterocycles. The van der Waals surface area contributed by atoms with E-state index in [1.165, 1.54) is 0 Å². The largest absolute Gasteiger partial charge is 0.341 e. The molecular formula is C19H29Cl2N3O2. The highest BCUT2D eigenvalue weighted by Gasteiger charge is 2.32. The van der Waals surface area contributed by atoms with Gasteiger partial charge in [-0.25, -0.2) is 0 Å². The van der Waals surface area contributed by atoms with E-state index in [2.05, 4.69) is 10.6 Å². The van der Waals surface area contributed by atoms with Crippen molar-refractivity contribution in [3.05, 3.63) is 34.9 Å². The summed E-state index contributed by atoms with van der Waals surface area (Å²) in [5.74, 6) is -0.141. The van der Waals surface area contributed by atoms with Crippen LogP contribution in [0.2, 0.25) is 5.02 Å². The van der Waals surface area contributed by atoms with Crippen molar-refractivity contribution >= 4 is 35.8 Å². The van der Waals surface area contributed by atoms with Gasteiger partial charge >= 0.3 is 0 Å². The third-order valence-corrected chi connectivity index (χ3v) is 5.34. The molecule has 1 aromatic rings. The number of benzene rings is 1. The van der Waals surface area contributed by atoms with Crippen molar-refractivity contribution in [3.63, 3.8) is 0 Å². The molecule has 1 aliphatic heterocycles. The van der Waals surface area contributed by atoms with Crippen molar-refractivity contribution in [1.29, 1.82) is 0 Å². The van der Waals surface area contributed by atoms with Crippen molar-refractivity contribution < 1.29 is 9.59 Å². The van der Waals surface area contributed by atoms with Crippen LogP contribution in [0.3, 0.4) is 0 Å². The summed E-state index contributed by atoms with van der Waals surface area (Å²) in [6.07, 6.45) is 2.71. The molecule has 0 spiro atoms. The maximum absolute atomic E-state index is 13.0. The molecule has 1 aromatic carbocycles. The van der Waals surface area contributed by atoms with Crippen LogP contribution in [-0.2, 0) is 4.79 Å². The SMILES string of the molecule is CCC(C)C(NC(=O)c1ccc(Cl)cc1)C(=O)N1CCC(NC)CC1.Cl. The molecule has 0 bridgehead atoms. The van der Waals surface area contributed by atoms with Crippen LogP contribution in [0.4, 0.5) is 0 Å². The number of nitrogens with one attached hydrogen (secondary N) is 2. The number of likely N-dealkylation sites (tertiary alicyclic amines) is 1. The fraction of sp³-hybridized carbons (Fsp3) is 0.579. The predicted molar refractivity (Wildman–Crippen MR) is 108 cm³/mol. The van der Waals surface area contributed by atoms with E-state index >= 15 is 0 Å². The Balaban J connectivity index is 0.00000338. The summed E-state index contributed by atoms with van der Waals surface area (Å²) in [7, 11) is 1.95. The van der Waals surface area contributed by atoms with E-state index in [-0.39, 0.29) is 30.1 Å². The molecule has 1 heterocycles. The highest BCUT2D eigenvalue weighted by atomic mass is 35.5. The summed E-state index contributed by atoms with van der Waals surface area (Å²) in [6.45, 7) is 5.50. The number of hydrogen-bond acceptors (Lipinski definition) is 3. The molecule has 0 aliphatic carbocycles. The molecule has 5 nitrogen and oxygen atoms in total. The van der Waals surface area contributed by atoms with Gasteiger partial charge in [0.2, 0.25) is 5.91 Å². The average molecular weight is 402 g/mol. The first-order chi connectivity index (χ1) is 12.0. The molecule has 7 heteroatoms. The Kier molecular flexibility index (Phi) is 9.41. The van der Waals surface area contributed by atoms with Gasteiger partial charge in [0.15, 0.2) is 0 Å². The Labute approximate surface area is 167 Å². The van der Waals surface area contributed by atoms with Crippen LogP contribution in [0.25, 0.3) is 0 Å². The first kappa shape index (κ1) is 22.7. The third kappa shape index (κ3) is 5.86. The molecule has 146 valence electrons. The second kappa shape index (κ2) is 10.8. The molecule has 2 rings (SSSR count). The minimum atomic E-state index is -0.501. The van der Waals surface area contributed by atoms with Crippen LogP contribution in [0.1, 0.15) is 43.5 Å². The van der Waals surface area contributed by atoms with Gasteiger partial charge in [-0.15, -0.1) is 12.4 Å². The van der Waals surface area contributed by atoms with Gasteiger partial charge in [0.05, 0.1) is 0 Å². The fourth-order valence-electron chi connectivity index (χ4n) is 3.09. The van der Waals surface area contributed by atoms with Crippen LogP contribution < -0.4 is 10.6 Å². The fourth-order valence-corrected chi connectivity index (χ4v) is 3.22.